The number of hydrogen-bond donors (Lipinski definition) is 0. The first kappa shape index (κ1) is 21.0. The number of rotatable bonds is 5. The molecule has 8 nitrogen and oxygen atoms in total. The molecule has 0 radical (unpaired) electrons. The van der Waals surface area contributed by atoms with Crippen molar-refractivity contribution in [2.75, 3.05) is 36.8 Å². The van der Waals surface area contributed by atoms with Gasteiger partial charge in [-0.2, -0.15) is 0 Å². The van der Waals surface area contributed by atoms with E-state index in [1.54, 1.807) is 11.0 Å². The van der Waals surface area contributed by atoms with Crippen LogP contribution in [-0.2, 0) is 14.6 Å². The first-order valence-electron chi connectivity index (χ1n) is 10.1. The topological polar surface area (TPSA) is 96.6 Å². The maximum atomic E-state index is 12.7. The largest absolute Gasteiger partial charge is 0.408 e. The molecule has 0 atom stereocenters. The molecular formula is C22H24N4O4S. The van der Waals surface area contributed by atoms with Crippen molar-refractivity contribution in [3.8, 4) is 11.5 Å². The first-order chi connectivity index (χ1) is 14.8. The van der Waals surface area contributed by atoms with E-state index >= 15 is 0 Å². The molecule has 0 aliphatic carbocycles. The molecule has 0 N–H and O–H groups in total. The fourth-order valence-electron chi connectivity index (χ4n) is 3.50. The van der Waals surface area contributed by atoms with Crippen molar-refractivity contribution < 1.29 is 17.6 Å². The number of anilines is 1. The van der Waals surface area contributed by atoms with Gasteiger partial charge in [0.2, 0.25) is 21.6 Å². The molecule has 1 aliphatic heterocycles. The second-order valence-corrected chi connectivity index (χ2v) is 9.50. The monoisotopic (exact) mass is 440 g/mol. The van der Waals surface area contributed by atoms with Gasteiger partial charge in [-0.15, -0.1) is 5.10 Å². The number of hydrogen-bond acceptors (Lipinski definition) is 7. The highest BCUT2D eigenvalue weighted by molar-refractivity contribution is 7.91. The lowest BCUT2D eigenvalue weighted by Gasteiger charge is -2.36. The van der Waals surface area contributed by atoms with Gasteiger partial charge in [0.1, 0.15) is 5.75 Å². The van der Waals surface area contributed by atoms with Gasteiger partial charge in [-0.05, 0) is 49.2 Å². The van der Waals surface area contributed by atoms with E-state index < -0.39 is 26.7 Å². The summed E-state index contributed by atoms with van der Waals surface area (Å²) >= 11 is 0. The van der Waals surface area contributed by atoms with Crippen molar-refractivity contribution in [2.45, 2.75) is 19.1 Å². The Hall–Kier alpha value is -3.20. The van der Waals surface area contributed by atoms with Crippen LogP contribution in [0.5, 0.6) is 0 Å². The zero-order valence-corrected chi connectivity index (χ0v) is 18.3. The molecule has 0 saturated carbocycles. The Morgan fingerprint density at radius 3 is 2.35 bits per heavy atom. The van der Waals surface area contributed by atoms with Crippen molar-refractivity contribution in [3.05, 3.63) is 59.7 Å². The van der Waals surface area contributed by atoms with Crippen LogP contribution in [0.15, 0.2) is 58.2 Å². The Morgan fingerprint density at radius 1 is 0.968 bits per heavy atom. The maximum Gasteiger partial charge on any atom is 0.336 e. The minimum atomic E-state index is -4.03. The van der Waals surface area contributed by atoms with E-state index in [0.717, 1.165) is 16.8 Å². The highest BCUT2D eigenvalue weighted by Crippen LogP contribution is 2.23. The molecule has 1 aromatic heterocycles. The molecule has 0 unspecified atom stereocenters. The van der Waals surface area contributed by atoms with Crippen molar-refractivity contribution >= 4 is 21.4 Å². The highest BCUT2D eigenvalue weighted by Gasteiger charge is 2.30. The van der Waals surface area contributed by atoms with Gasteiger partial charge in [-0.1, -0.05) is 29.4 Å². The fourth-order valence-corrected chi connectivity index (χ4v) is 4.50. The third-order valence-corrected chi connectivity index (χ3v) is 6.82. The van der Waals surface area contributed by atoms with Crippen LogP contribution in [0, 0.1) is 13.8 Å². The number of benzene rings is 2. The van der Waals surface area contributed by atoms with E-state index in [2.05, 4.69) is 15.1 Å². The van der Waals surface area contributed by atoms with Crippen molar-refractivity contribution in [3.63, 3.8) is 0 Å². The van der Waals surface area contributed by atoms with Crippen LogP contribution in [0.3, 0.4) is 0 Å². The summed E-state index contributed by atoms with van der Waals surface area (Å²) < 4.78 is 30.8. The molecule has 4 rings (SSSR count). The number of carbonyl (C=O) groups is 1. The molecular weight excluding hydrogens is 416 g/mol. The molecule has 1 fully saturated rings. The summed E-state index contributed by atoms with van der Waals surface area (Å²) in [5, 5.41) is 7.01. The average molecular weight is 441 g/mol. The number of sulfone groups is 1. The maximum absolute atomic E-state index is 12.7. The SMILES string of the molecule is Cc1ccc(-c2nnc(S(=O)(=O)CC(=O)N3CCN(c4ccccc4)CC3)o2)cc1C. The molecule has 2 heterocycles. The van der Waals surface area contributed by atoms with Gasteiger partial charge in [0.25, 0.3) is 0 Å². The zero-order chi connectivity index (χ0) is 22.0. The molecule has 0 bridgehead atoms. The van der Waals surface area contributed by atoms with Crippen LogP contribution in [0.4, 0.5) is 5.69 Å². The number of carbonyl (C=O) groups excluding carboxylic acids is 1. The first-order valence-corrected chi connectivity index (χ1v) is 11.7. The van der Waals surface area contributed by atoms with Crippen molar-refractivity contribution in [2.24, 2.45) is 0 Å². The molecule has 1 amide bonds. The average Bonchev–Trinajstić information content (AvgIpc) is 3.27. The van der Waals surface area contributed by atoms with Gasteiger partial charge in [-0.25, -0.2) is 8.42 Å². The lowest BCUT2D eigenvalue weighted by atomic mass is 10.1. The summed E-state index contributed by atoms with van der Waals surface area (Å²) in [7, 11) is -4.03. The van der Waals surface area contributed by atoms with Gasteiger partial charge in [0.15, 0.2) is 0 Å². The van der Waals surface area contributed by atoms with E-state index in [1.807, 2.05) is 56.3 Å². The quantitative estimate of drug-likeness (QED) is 0.601. The van der Waals surface area contributed by atoms with Gasteiger partial charge < -0.3 is 14.2 Å². The number of para-hydroxylation sites is 1. The summed E-state index contributed by atoms with van der Waals surface area (Å²) in [5.74, 6) is -1.03. The Balaban J connectivity index is 1.40. The smallest absolute Gasteiger partial charge is 0.336 e. The molecule has 1 saturated heterocycles. The second kappa shape index (κ2) is 8.50. The predicted molar refractivity (Wildman–Crippen MR) is 116 cm³/mol. The van der Waals surface area contributed by atoms with Gasteiger partial charge >= 0.3 is 5.22 Å². The number of aromatic nitrogens is 2. The third-order valence-electron chi connectivity index (χ3n) is 5.49. The minimum absolute atomic E-state index is 0.116. The molecule has 162 valence electrons. The molecule has 0 spiro atoms. The molecule has 1 aliphatic rings. The van der Waals surface area contributed by atoms with Crippen molar-refractivity contribution in [1.29, 1.82) is 0 Å². The fraction of sp³-hybridized carbons (Fsp3) is 0.318. The Morgan fingerprint density at radius 2 is 1.68 bits per heavy atom. The van der Waals surface area contributed by atoms with Crippen LogP contribution in [0.2, 0.25) is 0 Å². The van der Waals surface area contributed by atoms with Gasteiger partial charge in [-0.3, -0.25) is 4.79 Å². The van der Waals surface area contributed by atoms with E-state index in [4.69, 9.17) is 4.42 Å². The summed E-state index contributed by atoms with van der Waals surface area (Å²) in [6, 6.07) is 15.5. The number of amides is 1. The molecule has 3 aromatic rings. The van der Waals surface area contributed by atoms with Crippen LogP contribution in [0.1, 0.15) is 11.1 Å². The summed E-state index contributed by atoms with van der Waals surface area (Å²) in [4.78, 5) is 16.4. The Labute approximate surface area is 181 Å². The number of piperazine rings is 1. The standard InChI is InChI=1S/C22H24N4O4S/c1-16-8-9-18(14-17(16)2)21-23-24-22(30-21)31(28,29)15-20(27)26-12-10-25(11-13-26)19-6-4-3-5-7-19/h3-9,14H,10-13,15H2,1-2H3. The van der Waals surface area contributed by atoms with E-state index in [1.165, 1.54) is 0 Å². The number of aryl methyl sites for hydroxylation is 2. The van der Waals surface area contributed by atoms with E-state index in [9.17, 15) is 13.2 Å². The van der Waals surface area contributed by atoms with Crippen LogP contribution in [0.25, 0.3) is 11.5 Å². The molecule has 31 heavy (non-hydrogen) atoms. The lowest BCUT2D eigenvalue weighted by Crippen LogP contribution is -2.50. The van der Waals surface area contributed by atoms with Crippen LogP contribution >= 0.6 is 0 Å². The van der Waals surface area contributed by atoms with E-state index in [-0.39, 0.29) is 5.89 Å². The Bertz CT molecular complexity index is 1180. The molecule has 9 heteroatoms. The van der Waals surface area contributed by atoms with Crippen LogP contribution < -0.4 is 4.90 Å². The third kappa shape index (κ3) is 4.61. The van der Waals surface area contributed by atoms with Gasteiger partial charge in [0, 0.05) is 37.4 Å². The molecule has 2 aromatic carbocycles. The lowest BCUT2D eigenvalue weighted by molar-refractivity contribution is -0.128. The Kier molecular flexibility index (Phi) is 5.77. The summed E-state index contributed by atoms with van der Waals surface area (Å²) in [6.07, 6.45) is 0. The van der Waals surface area contributed by atoms with E-state index in [0.29, 0.717) is 31.7 Å². The van der Waals surface area contributed by atoms with Crippen molar-refractivity contribution in [1.82, 2.24) is 15.1 Å². The second-order valence-electron chi connectivity index (χ2n) is 7.63. The normalized spacial score (nSPS) is 14.6. The minimum Gasteiger partial charge on any atom is -0.408 e. The van der Waals surface area contributed by atoms with Gasteiger partial charge in [0.05, 0.1) is 0 Å². The summed E-state index contributed by atoms with van der Waals surface area (Å²) in [6.45, 7) is 6.14. The number of nitrogens with zero attached hydrogens (tertiary/aromatic N) is 4. The van der Waals surface area contributed by atoms with Crippen LogP contribution in [-0.4, -0.2) is 61.4 Å². The predicted octanol–water partition coefficient (Wildman–Crippen LogP) is 2.48. The highest BCUT2D eigenvalue weighted by atomic mass is 32.2. The zero-order valence-electron chi connectivity index (χ0n) is 17.5. The summed E-state index contributed by atoms with van der Waals surface area (Å²) in [5.41, 5.74) is 3.87.